The van der Waals surface area contributed by atoms with Crippen LogP contribution >= 0.6 is 0 Å². The van der Waals surface area contributed by atoms with E-state index in [0.717, 1.165) is 5.69 Å². The van der Waals surface area contributed by atoms with Gasteiger partial charge in [-0.1, -0.05) is 6.07 Å². The molecule has 2 aromatic carbocycles. The van der Waals surface area contributed by atoms with Crippen LogP contribution in [0.5, 0.6) is 0 Å². The largest absolute Gasteiger partial charge is 0.378 e. The zero-order valence-electron chi connectivity index (χ0n) is 15.4. The number of rotatable bonds is 4. The third-order valence-corrected chi connectivity index (χ3v) is 3.52. The number of hydrogen-bond donors (Lipinski definition) is 2. The van der Waals surface area contributed by atoms with Crippen LogP contribution in [0.1, 0.15) is 41.5 Å². The highest BCUT2D eigenvalue weighted by molar-refractivity contribution is 6.06. The highest BCUT2D eigenvalue weighted by atomic mass is 16.2. The van der Waals surface area contributed by atoms with Crippen molar-refractivity contribution < 1.29 is 9.59 Å². The SMILES string of the molecule is CN(C)c1ccc(NC(=O)c2cccc(C(=O)NC(C)(C)C)c2)cc1. The molecule has 0 spiro atoms. The Balaban J connectivity index is 2.11. The van der Waals surface area contributed by atoms with Gasteiger partial charge in [0.1, 0.15) is 0 Å². The number of benzene rings is 2. The second-order valence-electron chi connectivity index (χ2n) is 7.18. The van der Waals surface area contributed by atoms with Gasteiger partial charge in [0.25, 0.3) is 11.8 Å². The van der Waals surface area contributed by atoms with Crippen molar-refractivity contribution in [1.82, 2.24) is 5.32 Å². The smallest absolute Gasteiger partial charge is 0.255 e. The maximum Gasteiger partial charge on any atom is 0.255 e. The van der Waals surface area contributed by atoms with Gasteiger partial charge in [-0.25, -0.2) is 0 Å². The first kappa shape index (κ1) is 18.5. The molecule has 0 radical (unpaired) electrons. The van der Waals surface area contributed by atoms with E-state index in [2.05, 4.69) is 10.6 Å². The van der Waals surface area contributed by atoms with Gasteiger partial charge >= 0.3 is 0 Å². The Hall–Kier alpha value is -2.82. The fourth-order valence-electron chi connectivity index (χ4n) is 2.26. The maximum absolute atomic E-state index is 12.4. The zero-order chi connectivity index (χ0) is 18.6. The Kier molecular flexibility index (Phi) is 5.47. The van der Waals surface area contributed by atoms with Crippen LogP contribution in [0.2, 0.25) is 0 Å². The van der Waals surface area contributed by atoms with Gasteiger partial charge in [0.15, 0.2) is 0 Å². The standard InChI is InChI=1S/C20H25N3O2/c1-20(2,3)22-19(25)15-8-6-7-14(13-15)18(24)21-16-9-11-17(12-10-16)23(4)5/h6-13H,1-5H3,(H,21,24)(H,22,25). The lowest BCUT2D eigenvalue weighted by Crippen LogP contribution is -2.40. The molecule has 2 rings (SSSR count). The van der Waals surface area contributed by atoms with Gasteiger partial charge in [-0.3, -0.25) is 9.59 Å². The number of amides is 2. The number of hydrogen-bond acceptors (Lipinski definition) is 3. The lowest BCUT2D eigenvalue weighted by molar-refractivity contribution is 0.0919. The molecule has 0 saturated heterocycles. The first-order chi connectivity index (χ1) is 11.7. The lowest BCUT2D eigenvalue weighted by Gasteiger charge is -2.20. The molecule has 0 fully saturated rings. The molecule has 0 unspecified atom stereocenters. The van der Waals surface area contributed by atoms with E-state index in [4.69, 9.17) is 0 Å². The third kappa shape index (κ3) is 5.35. The van der Waals surface area contributed by atoms with E-state index in [0.29, 0.717) is 16.8 Å². The zero-order valence-corrected chi connectivity index (χ0v) is 15.4. The molecule has 0 atom stereocenters. The fraction of sp³-hybridized carbons (Fsp3) is 0.300. The summed E-state index contributed by atoms with van der Waals surface area (Å²) in [5.74, 6) is -0.444. The van der Waals surface area contributed by atoms with E-state index in [1.54, 1.807) is 24.3 Å². The fourth-order valence-corrected chi connectivity index (χ4v) is 2.26. The van der Waals surface area contributed by atoms with E-state index >= 15 is 0 Å². The molecule has 0 aliphatic carbocycles. The summed E-state index contributed by atoms with van der Waals surface area (Å²) in [7, 11) is 3.92. The van der Waals surface area contributed by atoms with Gasteiger partial charge < -0.3 is 15.5 Å². The van der Waals surface area contributed by atoms with Crippen molar-refractivity contribution in [3.8, 4) is 0 Å². The van der Waals surface area contributed by atoms with E-state index in [1.165, 1.54) is 0 Å². The second-order valence-corrected chi connectivity index (χ2v) is 7.18. The molecular weight excluding hydrogens is 314 g/mol. The van der Waals surface area contributed by atoms with Crippen molar-refractivity contribution in [1.29, 1.82) is 0 Å². The predicted octanol–water partition coefficient (Wildman–Crippen LogP) is 3.53. The molecular formula is C20H25N3O2. The van der Waals surface area contributed by atoms with Crippen molar-refractivity contribution in [3.63, 3.8) is 0 Å². The number of nitrogens with one attached hydrogen (secondary N) is 2. The molecule has 2 N–H and O–H groups in total. The lowest BCUT2D eigenvalue weighted by atomic mass is 10.1. The van der Waals surface area contributed by atoms with Crippen LogP contribution in [0.3, 0.4) is 0 Å². The molecule has 5 heteroatoms. The van der Waals surface area contributed by atoms with Crippen molar-refractivity contribution in [3.05, 3.63) is 59.7 Å². The van der Waals surface area contributed by atoms with Gasteiger partial charge in [-0.15, -0.1) is 0 Å². The first-order valence-electron chi connectivity index (χ1n) is 8.17. The van der Waals surface area contributed by atoms with Crippen molar-refractivity contribution >= 4 is 23.2 Å². The molecule has 0 bridgehead atoms. The minimum absolute atomic E-state index is 0.197. The Morgan fingerprint density at radius 2 is 1.44 bits per heavy atom. The summed E-state index contributed by atoms with van der Waals surface area (Å²) in [6, 6.07) is 14.3. The Morgan fingerprint density at radius 3 is 1.96 bits per heavy atom. The number of carbonyl (C=O) groups excluding carboxylic acids is 2. The maximum atomic E-state index is 12.4. The molecule has 2 aromatic rings. The molecule has 5 nitrogen and oxygen atoms in total. The van der Waals surface area contributed by atoms with Crippen LogP contribution < -0.4 is 15.5 Å². The number of carbonyl (C=O) groups is 2. The summed E-state index contributed by atoms with van der Waals surface area (Å²) in [5, 5.41) is 5.74. The van der Waals surface area contributed by atoms with Crippen LogP contribution in [-0.2, 0) is 0 Å². The van der Waals surface area contributed by atoms with Crippen molar-refractivity contribution in [2.24, 2.45) is 0 Å². The van der Waals surface area contributed by atoms with Crippen LogP contribution in [0.25, 0.3) is 0 Å². The molecule has 0 aliphatic rings. The molecule has 0 aromatic heterocycles. The van der Waals surface area contributed by atoms with Crippen LogP contribution in [0.4, 0.5) is 11.4 Å². The van der Waals surface area contributed by atoms with Gasteiger partial charge in [-0.2, -0.15) is 0 Å². The van der Waals surface area contributed by atoms with Crippen LogP contribution in [-0.4, -0.2) is 31.4 Å². The first-order valence-corrected chi connectivity index (χ1v) is 8.17. The topological polar surface area (TPSA) is 61.4 Å². The average Bonchev–Trinajstić information content (AvgIpc) is 2.54. The quantitative estimate of drug-likeness (QED) is 0.896. The minimum atomic E-state index is -0.330. The molecule has 2 amide bonds. The Bertz CT molecular complexity index is 759. The van der Waals surface area contributed by atoms with Gasteiger partial charge in [0, 0.05) is 42.1 Å². The summed E-state index contributed by atoms with van der Waals surface area (Å²) in [6.45, 7) is 5.75. The van der Waals surface area contributed by atoms with E-state index < -0.39 is 0 Å². The van der Waals surface area contributed by atoms with E-state index in [1.807, 2.05) is 64.0 Å². The normalized spacial score (nSPS) is 10.9. The summed E-state index contributed by atoms with van der Waals surface area (Å²) >= 11 is 0. The number of anilines is 2. The minimum Gasteiger partial charge on any atom is -0.378 e. The monoisotopic (exact) mass is 339 g/mol. The molecule has 25 heavy (non-hydrogen) atoms. The summed E-state index contributed by atoms with van der Waals surface area (Å²) in [5.41, 5.74) is 2.34. The highest BCUT2D eigenvalue weighted by Gasteiger charge is 2.16. The molecule has 132 valence electrons. The summed E-state index contributed by atoms with van der Waals surface area (Å²) < 4.78 is 0. The Morgan fingerprint density at radius 1 is 0.880 bits per heavy atom. The average molecular weight is 339 g/mol. The molecule has 0 saturated carbocycles. The third-order valence-electron chi connectivity index (χ3n) is 3.52. The van der Waals surface area contributed by atoms with Crippen molar-refractivity contribution in [2.45, 2.75) is 26.3 Å². The predicted molar refractivity (Wildman–Crippen MR) is 102 cm³/mol. The number of nitrogens with zero attached hydrogens (tertiary/aromatic N) is 1. The highest BCUT2D eigenvalue weighted by Crippen LogP contribution is 2.17. The van der Waals surface area contributed by atoms with Gasteiger partial charge in [0.2, 0.25) is 0 Å². The summed E-state index contributed by atoms with van der Waals surface area (Å²) in [4.78, 5) is 26.7. The second kappa shape index (κ2) is 7.38. The van der Waals surface area contributed by atoms with Gasteiger partial charge in [-0.05, 0) is 63.2 Å². The van der Waals surface area contributed by atoms with Crippen LogP contribution in [0, 0.1) is 0 Å². The summed E-state index contributed by atoms with van der Waals surface area (Å²) in [6.07, 6.45) is 0. The van der Waals surface area contributed by atoms with E-state index in [9.17, 15) is 9.59 Å². The Labute approximate surface area is 149 Å². The van der Waals surface area contributed by atoms with Gasteiger partial charge in [0.05, 0.1) is 0 Å². The molecule has 0 heterocycles. The molecule has 0 aliphatic heterocycles. The van der Waals surface area contributed by atoms with E-state index in [-0.39, 0.29) is 17.4 Å². The van der Waals surface area contributed by atoms with Crippen LogP contribution in [0.15, 0.2) is 48.5 Å². The van der Waals surface area contributed by atoms with Crippen molar-refractivity contribution in [2.75, 3.05) is 24.3 Å².